The van der Waals surface area contributed by atoms with Crippen molar-refractivity contribution in [2.24, 2.45) is 7.05 Å². The van der Waals surface area contributed by atoms with Crippen LogP contribution in [-0.4, -0.2) is 27.3 Å². The highest BCUT2D eigenvalue weighted by Crippen LogP contribution is 2.25. The summed E-state index contributed by atoms with van der Waals surface area (Å²) in [4.78, 5) is 0. The zero-order valence-corrected chi connectivity index (χ0v) is 10.3. The van der Waals surface area contributed by atoms with Gasteiger partial charge in [-0.3, -0.25) is 4.68 Å². The molecule has 0 radical (unpaired) electrons. The summed E-state index contributed by atoms with van der Waals surface area (Å²) in [5.74, 6) is 1.34. The molecule has 2 heterocycles. The number of nitrogens with one attached hydrogen (secondary N) is 1. The van der Waals surface area contributed by atoms with E-state index in [0.717, 1.165) is 11.8 Å². The van der Waals surface area contributed by atoms with Crippen LogP contribution in [0, 0.1) is 0 Å². The minimum absolute atomic E-state index is 0.417. The SMILES string of the molecule is CC(NCC1CCCS1)c1cnn(C)c1. The third-order valence-corrected chi connectivity index (χ3v) is 4.30. The van der Waals surface area contributed by atoms with Gasteiger partial charge in [0.05, 0.1) is 6.20 Å². The number of nitrogens with zero attached hydrogens (tertiary/aromatic N) is 2. The summed E-state index contributed by atoms with van der Waals surface area (Å²) in [6, 6.07) is 0.417. The molecule has 1 aromatic rings. The first-order chi connectivity index (χ1) is 7.25. The van der Waals surface area contributed by atoms with Crippen LogP contribution < -0.4 is 5.32 Å². The first-order valence-electron chi connectivity index (χ1n) is 5.59. The van der Waals surface area contributed by atoms with Gasteiger partial charge in [-0.05, 0) is 25.5 Å². The summed E-state index contributed by atoms with van der Waals surface area (Å²) in [6.07, 6.45) is 6.79. The maximum absolute atomic E-state index is 4.19. The van der Waals surface area contributed by atoms with Gasteiger partial charge in [0.25, 0.3) is 0 Å². The van der Waals surface area contributed by atoms with Crippen LogP contribution >= 0.6 is 11.8 Å². The van der Waals surface area contributed by atoms with E-state index in [9.17, 15) is 0 Å². The van der Waals surface area contributed by atoms with E-state index in [-0.39, 0.29) is 0 Å². The van der Waals surface area contributed by atoms with E-state index >= 15 is 0 Å². The molecule has 3 nitrogen and oxygen atoms in total. The van der Waals surface area contributed by atoms with Crippen LogP contribution in [0.2, 0.25) is 0 Å². The van der Waals surface area contributed by atoms with Crippen molar-refractivity contribution in [1.82, 2.24) is 15.1 Å². The molecule has 0 spiro atoms. The minimum atomic E-state index is 0.417. The van der Waals surface area contributed by atoms with E-state index in [1.165, 1.54) is 24.2 Å². The van der Waals surface area contributed by atoms with Crippen molar-refractivity contribution >= 4 is 11.8 Å². The van der Waals surface area contributed by atoms with Crippen molar-refractivity contribution < 1.29 is 0 Å². The molecule has 0 saturated carbocycles. The van der Waals surface area contributed by atoms with Gasteiger partial charge >= 0.3 is 0 Å². The normalized spacial score (nSPS) is 23.2. The second-order valence-corrected chi connectivity index (χ2v) is 5.62. The van der Waals surface area contributed by atoms with Gasteiger partial charge in [-0.25, -0.2) is 0 Å². The van der Waals surface area contributed by atoms with Gasteiger partial charge in [0, 0.05) is 36.6 Å². The van der Waals surface area contributed by atoms with Gasteiger partial charge in [0.1, 0.15) is 0 Å². The lowest BCUT2D eigenvalue weighted by Gasteiger charge is -2.15. The lowest BCUT2D eigenvalue weighted by Crippen LogP contribution is -2.25. The number of hydrogen-bond acceptors (Lipinski definition) is 3. The number of hydrogen-bond donors (Lipinski definition) is 1. The van der Waals surface area contributed by atoms with Crippen molar-refractivity contribution in [3.8, 4) is 0 Å². The minimum Gasteiger partial charge on any atom is -0.309 e. The summed E-state index contributed by atoms with van der Waals surface area (Å²) in [5, 5.41) is 8.59. The van der Waals surface area contributed by atoms with Gasteiger partial charge in [-0.15, -0.1) is 0 Å². The molecule has 0 aromatic carbocycles. The first-order valence-corrected chi connectivity index (χ1v) is 6.64. The molecule has 84 valence electrons. The number of rotatable bonds is 4. The largest absolute Gasteiger partial charge is 0.309 e. The Balaban J connectivity index is 1.79. The van der Waals surface area contributed by atoms with E-state index < -0.39 is 0 Å². The standard InChI is InChI=1S/C11H19N3S/c1-9(10-6-13-14(2)8-10)12-7-11-4-3-5-15-11/h6,8-9,11-12H,3-5,7H2,1-2H3. The molecule has 1 aliphatic rings. The summed E-state index contributed by atoms with van der Waals surface area (Å²) in [6.45, 7) is 3.33. The van der Waals surface area contributed by atoms with Crippen LogP contribution in [0.1, 0.15) is 31.4 Å². The van der Waals surface area contributed by atoms with Crippen molar-refractivity contribution in [2.75, 3.05) is 12.3 Å². The van der Waals surface area contributed by atoms with Gasteiger partial charge in [-0.1, -0.05) is 0 Å². The molecule has 0 aliphatic carbocycles. The van der Waals surface area contributed by atoms with Crippen molar-refractivity contribution in [3.05, 3.63) is 18.0 Å². The van der Waals surface area contributed by atoms with Crippen LogP contribution in [0.5, 0.6) is 0 Å². The second-order valence-electron chi connectivity index (χ2n) is 4.21. The zero-order valence-electron chi connectivity index (χ0n) is 9.44. The molecule has 1 aromatic heterocycles. The quantitative estimate of drug-likeness (QED) is 0.849. The predicted octanol–water partition coefficient (Wildman–Crippen LogP) is 1.97. The van der Waals surface area contributed by atoms with Crippen molar-refractivity contribution in [2.45, 2.75) is 31.1 Å². The molecule has 0 amide bonds. The molecule has 1 aliphatic heterocycles. The Bertz CT molecular complexity index is 305. The van der Waals surface area contributed by atoms with Crippen LogP contribution in [0.3, 0.4) is 0 Å². The average Bonchev–Trinajstić information content (AvgIpc) is 2.84. The smallest absolute Gasteiger partial charge is 0.0537 e. The van der Waals surface area contributed by atoms with E-state index in [2.05, 4.69) is 35.3 Å². The van der Waals surface area contributed by atoms with Gasteiger partial charge in [-0.2, -0.15) is 16.9 Å². The third-order valence-electron chi connectivity index (χ3n) is 2.90. The summed E-state index contributed by atoms with van der Waals surface area (Å²) < 4.78 is 1.86. The Hall–Kier alpha value is -0.480. The fourth-order valence-corrected chi connectivity index (χ4v) is 3.11. The molecule has 2 atom stereocenters. The van der Waals surface area contributed by atoms with Crippen molar-refractivity contribution in [1.29, 1.82) is 0 Å². The highest BCUT2D eigenvalue weighted by Gasteiger charge is 2.16. The molecular formula is C11H19N3S. The lowest BCUT2D eigenvalue weighted by molar-refractivity contribution is 0.559. The highest BCUT2D eigenvalue weighted by molar-refractivity contribution is 8.00. The Morgan fingerprint density at radius 3 is 3.20 bits per heavy atom. The molecule has 1 saturated heterocycles. The fraction of sp³-hybridized carbons (Fsp3) is 0.727. The fourth-order valence-electron chi connectivity index (χ4n) is 1.90. The van der Waals surface area contributed by atoms with E-state index in [4.69, 9.17) is 0 Å². The average molecular weight is 225 g/mol. The van der Waals surface area contributed by atoms with Gasteiger partial charge in [0.2, 0.25) is 0 Å². The summed E-state index contributed by atoms with van der Waals surface area (Å²) in [7, 11) is 1.96. The Morgan fingerprint density at radius 2 is 2.60 bits per heavy atom. The highest BCUT2D eigenvalue weighted by atomic mass is 32.2. The lowest BCUT2D eigenvalue weighted by atomic mass is 10.2. The zero-order chi connectivity index (χ0) is 10.7. The molecule has 15 heavy (non-hydrogen) atoms. The molecule has 1 fully saturated rings. The maximum atomic E-state index is 4.19. The molecule has 1 N–H and O–H groups in total. The van der Waals surface area contributed by atoms with Crippen molar-refractivity contribution in [3.63, 3.8) is 0 Å². The molecule has 4 heteroatoms. The first kappa shape index (κ1) is 11.0. The monoisotopic (exact) mass is 225 g/mol. The molecular weight excluding hydrogens is 206 g/mol. The number of thioether (sulfide) groups is 1. The summed E-state index contributed by atoms with van der Waals surface area (Å²) in [5.41, 5.74) is 1.28. The topological polar surface area (TPSA) is 29.9 Å². The Labute approximate surface area is 95.6 Å². The van der Waals surface area contributed by atoms with Gasteiger partial charge in [0.15, 0.2) is 0 Å². The molecule has 0 bridgehead atoms. The molecule has 2 unspecified atom stereocenters. The number of aryl methyl sites for hydroxylation is 1. The maximum Gasteiger partial charge on any atom is 0.0537 e. The Morgan fingerprint density at radius 1 is 1.73 bits per heavy atom. The second kappa shape index (κ2) is 5.03. The van der Waals surface area contributed by atoms with E-state index in [1.54, 1.807) is 0 Å². The van der Waals surface area contributed by atoms with Crippen LogP contribution in [-0.2, 0) is 7.05 Å². The van der Waals surface area contributed by atoms with E-state index in [1.807, 2.05) is 17.9 Å². The third kappa shape index (κ3) is 2.98. The number of aromatic nitrogens is 2. The summed E-state index contributed by atoms with van der Waals surface area (Å²) >= 11 is 2.10. The van der Waals surface area contributed by atoms with Crippen LogP contribution in [0.4, 0.5) is 0 Å². The van der Waals surface area contributed by atoms with Crippen LogP contribution in [0.25, 0.3) is 0 Å². The predicted molar refractivity (Wildman–Crippen MR) is 65.1 cm³/mol. The van der Waals surface area contributed by atoms with E-state index in [0.29, 0.717) is 6.04 Å². The van der Waals surface area contributed by atoms with Gasteiger partial charge < -0.3 is 5.32 Å². The van der Waals surface area contributed by atoms with Crippen LogP contribution in [0.15, 0.2) is 12.4 Å². The molecule has 2 rings (SSSR count). The Kier molecular flexibility index (Phi) is 3.70.